The number of halogens is 1. The fraction of sp³-hybridized carbons (Fsp3) is 0.333. The summed E-state index contributed by atoms with van der Waals surface area (Å²) in [4.78, 5) is 2.83. The van der Waals surface area contributed by atoms with E-state index in [1.54, 1.807) is 11.3 Å². The second kappa shape index (κ2) is 5.96. The summed E-state index contributed by atoms with van der Waals surface area (Å²) in [5.41, 5.74) is 0. The van der Waals surface area contributed by atoms with Crippen LogP contribution >= 0.6 is 38.6 Å². The molecule has 0 spiro atoms. The van der Waals surface area contributed by atoms with Crippen LogP contribution < -0.4 is 5.32 Å². The van der Waals surface area contributed by atoms with E-state index in [4.69, 9.17) is 0 Å². The molecule has 0 aliphatic carbocycles. The first-order valence-corrected chi connectivity index (χ1v) is 7.81. The Kier molecular flexibility index (Phi) is 4.58. The van der Waals surface area contributed by atoms with E-state index in [0.29, 0.717) is 6.04 Å². The average molecular weight is 316 g/mol. The predicted octanol–water partition coefficient (Wildman–Crippen LogP) is 4.47. The maximum absolute atomic E-state index is 3.57. The minimum absolute atomic E-state index is 0.425. The van der Waals surface area contributed by atoms with Crippen molar-refractivity contribution in [1.29, 1.82) is 0 Å². The fourth-order valence-electron chi connectivity index (χ4n) is 1.57. The maximum Gasteiger partial charge on any atom is 0.0397 e. The van der Waals surface area contributed by atoms with E-state index in [9.17, 15) is 0 Å². The molecular formula is C12H14BrNS2. The molecule has 0 saturated heterocycles. The van der Waals surface area contributed by atoms with Crippen LogP contribution in [0.25, 0.3) is 0 Å². The molecule has 0 amide bonds. The molecule has 0 aromatic carbocycles. The molecule has 2 aromatic rings. The van der Waals surface area contributed by atoms with Crippen molar-refractivity contribution in [1.82, 2.24) is 5.32 Å². The largest absolute Gasteiger partial charge is 0.309 e. The molecule has 0 saturated carbocycles. The predicted molar refractivity (Wildman–Crippen MR) is 76.5 cm³/mol. The maximum atomic E-state index is 3.57. The Morgan fingerprint density at radius 3 is 2.81 bits per heavy atom. The molecule has 0 radical (unpaired) electrons. The van der Waals surface area contributed by atoms with Gasteiger partial charge in [0.25, 0.3) is 0 Å². The standard InChI is InChI=1S/C12H14BrNS2/c1-9(12-11(13)5-8-16-12)14-6-4-10-3-2-7-15-10/h2-3,5,7-9,14H,4,6H2,1H3. The molecule has 0 bridgehead atoms. The van der Waals surface area contributed by atoms with E-state index < -0.39 is 0 Å². The first kappa shape index (κ1) is 12.3. The van der Waals surface area contributed by atoms with E-state index in [2.05, 4.69) is 57.1 Å². The van der Waals surface area contributed by atoms with Gasteiger partial charge in [-0.25, -0.2) is 0 Å². The average Bonchev–Trinajstić information content (AvgIpc) is 2.88. The van der Waals surface area contributed by atoms with Crippen molar-refractivity contribution in [3.63, 3.8) is 0 Å². The molecule has 2 rings (SSSR count). The van der Waals surface area contributed by atoms with Gasteiger partial charge < -0.3 is 5.32 Å². The van der Waals surface area contributed by atoms with Gasteiger partial charge in [0.05, 0.1) is 0 Å². The third-order valence-electron chi connectivity index (χ3n) is 2.44. The highest BCUT2D eigenvalue weighted by atomic mass is 79.9. The molecule has 16 heavy (non-hydrogen) atoms. The Bertz CT molecular complexity index is 422. The monoisotopic (exact) mass is 315 g/mol. The highest BCUT2D eigenvalue weighted by Gasteiger charge is 2.09. The number of rotatable bonds is 5. The van der Waals surface area contributed by atoms with Crippen LogP contribution in [0.3, 0.4) is 0 Å². The summed E-state index contributed by atoms with van der Waals surface area (Å²) in [6, 6.07) is 6.84. The Morgan fingerprint density at radius 2 is 2.19 bits per heavy atom. The van der Waals surface area contributed by atoms with Gasteiger partial charge in [-0.1, -0.05) is 6.07 Å². The Hall–Kier alpha value is -0.160. The zero-order valence-electron chi connectivity index (χ0n) is 9.07. The van der Waals surface area contributed by atoms with Crippen molar-refractivity contribution in [2.24, 2.45) is 0 Å². The van der Waals surface area contributed by atoms with E-state index in [0.717, 1.165) is 13.0 Å². The topological polar surface area (TPSA) is 12.0 Å². The molecule has 86 valence electrons. The minimum atomic E-state index is 0.425. The molecule has 0 fully saturated rings. The van der Waals surface area contributed by atoms with Crippen molar-refractivity contribution in [2.75, 3.05) is 6.54 Å². The first-order valence-electron chi connectivity index (χ1n) is 5.26. The van der Waals surface area contributed by atoms with Crippen LogP contribution in [0.2, 0.25) is 0 Å². The number of hydrogen-bond donors (Lipinski definition) is 1. The van der Waals surface area contributed by atoms with Crippen LogP contribution in [-0.4, -0.2) is 6.54 Å². The number of nitrogens with one attached hydrogen (secondary N) is 1. The lowest BCUT2D eigenvalue weighted by Crippen LogP contribution is -2.20. The summed E-state index contributed by atoms with van der Waals surface area (Å²) >= 11 is 7.20. The van der Waals surface area contributed by atoms with Gasteiger partial charge in [-0.15, -0.1) is 22.7 Å². The zero-order chi connectivity index (χ0) is 11.4. The lowest BCUT2D eigenvalue weighted by atomic mass is 10.2. The Morgan fingerprint density at radius 1 is 1.31 bits per heavy atom. The van der Waals surface area contributed by atoms with Gasteiger partial charge in [0.1, 0.15) is 0 Å². The summed E-state index contributed by atoms with van der Waals surface area (Å²) in [6.45, 7) is 3.25. The van der Waals surface area contributed by atoms with Crippen LogP contribution in [0, 0.1) is 0 Å². The van der Waals surface area contributed by atoms with Gasteiger partial charge in [-0.3, -0.25) is 0 Å². The van der Waals surface area contributed by atoms with Crippen LogP contribution in [0.15, 0.2) is 33.4 Å². The normalized spacial score (nSPS) is 12.9. The number of thiophene rings is 2. The lowest BCUT2D eigenvalue weighted by Gasteiger charge is -2.12. The summed E-state index contributed by atoms with van der Waals surface area (Å²) in [5.74, 6) is 0. The quantitative estimate of drug-likeness (QED) is 0.858. The Labute approximate surface area is 113 Å². The number of hydrogen-bond acceptors (Lipinski definition) is 3. The van der Waals surface area contributed by atoms with Crippen LogP contribution in [0.5, 0.6) is 0 Å². The summed E-state index contributed by atoms with van der Waals surface area (Å²) in [5, 5.41) is 7.81. The van der Waals surface area contributed by atoms with E-state index >= 15 is 0 Å². The smallest absolute Gasteiger partial charge is 0.0397 e. The molecule has 1 atom stereocenters. The van der Waals surface area contributed by atoms with E-state index in [-0.39, 0.29) is 0 Å². The summed E-state index contributed by atoms with van der Waals surface area (Å²) < 4.78 is 1.22. The minimum Gasteiger partial charge on any atom is -0.309 e. The molecule has 0 aliphatic rings. The van der Waals surface area contributed by atoms with Gasteiger partial charge in [-0.2, -0.15) is 0 Å². The molecule has 0 aliphatic heterocycles. The molecule has 1 nitrogen and oxygen atoms in total. The SMILES string of the molecule is CC(NCCc1cccs1)c1sccc1Br. The molecule has 4 heteroatoms. The van der Waals surface area contributed by atoms with Gasteiger partial charge in [-0.05, 0) is 52.2 Å². The van der Waals surface area contributed by atoms with Gasteiger partial charge in [0, 0.05) is 26.8 Å². The van der Waals surface area contributed by atoms with Crippen molar-refractivity contribution >= 4 is 38.6 Å². The van der Waals surface area contributed by atoms with Gasteiger partial charge in [0.15, 0.2) is 0 Å². The summed E-state index contributed by atoms with van der Waals surface area (Å²) in [7, 11) is 0. The second-order valence-corrected chi connectivity index (χ2v) is 6.47. The lowest BCUT2D eigenvalue weighted by molar-refractivity contribution is 0.585. The molecular weight excluding hydrogens is 302 g/mol. The van der Waals surface area contributed by atoms with Crippen molar-refractivity contribution in [2.45, 2.75) is 19.4 Å². The molecule has 2 heterocycles. The highest BCUT2D eigenvalue weighted by molar-refractivity contribution is 9.10. The van der Waals surface area contributed by atoms with Crippen molar-refractivity contribution in [3.8, 4) is 0 Å². The van der Waals surface area contributed by atoms with Crippen LogP contribution in [-0.2, 0) is 6.42 Å². The summed E-state index contributed by atoms with van der Waals surface area (Å²) in [6.07, 6.45) is 1.12. The van der Waals surface area contributed by atoms with E-state index in [1.165, 1.54) is 14.2 Å². The molecule has 1 unspecified atom stereocenters. The second-order valence-electron chi connectivity index (χ2n) is 3.64. The zero-order valence-corrected chi connectivity index (χ0v) is 12.3. The fourth-order valence-corrected chi connectivity index (χ4v) is 4.03. The third-order valence-corrected chi connectivity index (χ3v) is 5.43. The molecule has 1 N–H and O–H groups in total. The molecule has 2 aromatic heterocycles. The van der Waals surface area contributed by atoms with Crippen LogP contribution in [0.1, 0.15) is 22.7 Å². The van der Waals surface area contributed by atoms with E-state index in [1.807, 2.05) is 11.3 Å². The highest BCUT2D eigenvalue weighted by Crippen LogP contribution is 2.28. The third kappa shape index (κ3) is 3.17. The van der Waals surface area contributed by atoms with Crippen molar-refractivity contribution in [3.05, 3.63) is 43.2 Å². The first-order chi connectivity index (χ1) is 7.77. The van der Waals surface area contributed by atoms with Crippen LogP contribution in [0.4, 0.5) is 0 Å². The van der Waals surface area contributed by atoms with Crippen molar-refractivity contribution < 1.29 is 0 Å². The van der Waals surface area contributed by atoms with Gasteiger partial charge in [0.2, 0.25) is 0 Å². The van der Waals surface area contributed by atoms with Gasteiger partial charge >= 0.3 is 0 Å². The Balaban J connectivity index is 1.80.